The fourth-order valence-corrected chi connectivity index (χ4v) is 5.92. The monoisotopic (exact) mass is 476 g/mol. The van der Waals surface area contributed by atoms with Crippen molar-refractivity contribution in [3.63, 3.8) is 0 Å². The summed E-state index contributed by atoms with van der Waals surface area (Å²) in [7, 11) is 3.30. The van der Waals surface area contributed by atoms with Crippen molar-refractivity contribution in [2.24, 2.45) is 5.92 Å². The highest BCUT2D eigenvalue weighted by molar-refractivity contribution is 5.85. The van der Waals surface area contributed by atoms with Crippen molar-refractivity contribution in [1.29, 1.82) is 0 Å². The molecule has 1 fully saturated rings. The van der Waals surface area contributed by atoms with Crippen LogP contribution in [0.5, 0.6) is 11.5 Å². The molecule has 0 spiro atoms. The first kappa shape index (κ1) is 23.3. The minimum atomic E-state index is -2.02. The predicted molar refractivity (Wildman–Crippen MR) is 127 cm³/mol. The Kier molecular flexibility index (Phi) is 5.75. The van der Waals surface area contributed by atoms with Crippen LogP contribution in [0.4, 0.5) is 0 Å². The molecule has 5 rings (SSSR count). The number of carbonyl (C=O) groups is 1. The van der Waals surface area contributed by atoms with Crippen LogP contribution < -0.4 is 9.47 Å². The Balaban J connectivity index is 1.66. The quantitative estimate of drug-likeness (QED) is 0.476. The molecule has 0 amide bonds. The first-order valence-electron chi connectivity index (χ1n) is 11.5. The Morgan fingerprint density at radius 3 is 2.40 bits per heavy atom. The predicted octanol–water partition coefficient (Wildman–Crippen LogP) is 2.18. The summed E-state index contributed by atoms with van der Waals surface area (Å²) in [6.45, 7) is 0.741. The molecule has 1 aliphatic heterocycles. The van der Waals surface area contributed by atoms with Gasteiger partial charge in [0.2, 0.25) is 0 Å². The molecular formula is C27H28N2O6. The van der Waals surface area contributed by atoms with Gasteiger partial charge in [0.05, 0.1) is 31.2 Å². The van der Waals surface area contributed by atoms with Gasteiger partial charge in [0, 0.05) is 19.0 Å². The number of benzene rings is 2. The van der Waals surface area contributed by atoms with Crippen LogP contribution in [0.25, 0.3) is 0 Å². The van der Waals surface area contributed by atoms with Crippen LogP contribution in [0.3, 0.4) is 0 Å². The van der Waals surface area contributed by atoms with Gasteiger partial charge < -0.3 is 29.7 Å². The van der Waals surface area contributed by atoms with E-state index in [0.29, 0.717) is 12.1 Å². The van der Waals surface area contributed by atoms with Crippen LogP contribution in [-0.2, 0) is 22.4 Å². The van der Waals surface area contributed by atoms with Crippen LogP contribution in [0.1, 0.15) is 16.7 Å². The molecule has 182 valence electrons. The summed E-state index contributed by atoms with van der Waals surface area (Å²) in [5.74, 6) is -1.65. The second-order valence-corrected chi connectivity index (χ2v) is 9.31. The number of hydrogen-bond donors (Lipinski definition) is 3. The number of aromatic nitrogens is 1. The minimum absolute atomic E-state index is 0.197. The van der Waals surface area contributed by atoms with Gasteiger partial charge in [-0.2, -0.15) is 0 Å². The van der Waals surface area contributed by atoms with Crippen molar-refractivity contribution in [2.45, 2.75) is 29.8 Å². The van der Waals surface area contributed by atoms with E-state index in [-0.39, 0.29) is 23.6 Å². The van der Waals surface area contributed by atoms with Crippen LogP contribution >= 0.6 is 0 Å². The number of hydrogen-bond acceptors (Lipinski definition) is 7. The summed E-state index contributed by atoms with van der Waals surface area (Å²) in [4.78, 5) is 19.3. The first-order chi connectivity index (χ1) is 16.8. The zero-order chi connectivity index (χ0) is 24.8. The lowest BCUT2D eigenvalue weighted by atomic mass is 9.69. The topological polar surface area (TPSA) is 112 Å². The zero-order valence-corrected chi connectivity index (χ0v) is 19.5. The third-order valence-electron chi connectivity index (χ3n) is 7.38. The Labute approximate surface area is 203 Å². The smallest absolute Gasteiger partial charge is 0.318 e. The molecule has 1 unspecified atom stereocenters. The fraction of sp³-hybridized carbons (Fsp3) is 0.333. The summed E-state index contributed by atoms with van der Waals surface area (Å²) < 4.78 is 11.6. The SMILES string of the molecule is COc1cncc2c1[C@]1(O)[C@H](O)[C@H](CN(C)Cc3ccccc3)C(C(=O)O)(c3ccccc3)[C@H]1O2. The summed E-state index contributed by atoms with van der Waals surface area (Å²) in [6, 6.07) is 18.5. The highest BCUT2D eigenvalue weighted by Crippen LogP contribution is 2.62. The van der Waals surface area contributed by atoms with Gasteiger partial charge >= 0.3 is 5.97 Å². The number of nitrogens with zero attached hydrogens (tertiary/aromatic N) is 2. The van der Waals surface area contributed by atoms with Gasteiger partial charge in [0.1, 0.15) is 16.9 Å². The van der Waals surface area contributed by atoms with Crippen LogP contribution in [0, 0.1) is 5.92 Å². The molecule has 0 saturated heterocycles. The number of carboxylic acids is 1. The van der Waals surface area contributed by atoms with Crippen LogP contribution in [-0.4, -0.2) is 64.1 Å². The molecule has 0 radical (unpaired) electrons. The van der Waals surface area contributed by atoms with Crippen molar-refractivity contribution in [3.8, 4) is 11.5 Å². The van der Waals surface area contributed by atoms with Crippen molar-refractivity contribution in [3.05, 3.63) is 89.7 Å². The summed E-state index contributed by atoms with van der Waals surface area (Å²) in [6.07, 6.45) is 0.0806. The van der Waals surface area contributed by atoms with Gasteiger partial charge in [-0.1, -0.05) is 60.7 Å². The lowest BCUT2D eigenvalue weighted by molar-refractivity contribution is -0.152. The third-order valence-corrected chi connectivity index (χ3v) is 7.38. The van der Waals surface area contributed by atoms with E-state index in [4.69, 9.17) is 9.47 Å². The van der Waals surface area contributed by atoms with Crippen molar-refractivity contribution >= 4 is 5.97 Å². The van der Waals surface area contributed by atoms with E-state index >= 15 is 0 Å². The third kappa shape index (κ3) is 3.32. The number of aliphatic hydroxyl groups is 2. The van der Waals surface area contributed by atoms with Gasteiger partial charge in [0.25, 0.3) is 0 Å². The van der Waals surface area contributed by atoms with Crippen molar-refractivity contribution in [1.82, 2.24) is 9.88 Å². The Morgan fingerprint density at radius 1 is 1.11 bits per heavy atom. The second kappa shape index (κ2) is 8.64. The normalized spacial score (nSPS) is 28.9. The van der Waals surface area contributed by atoms with E-state index in [1.165, 1.54) is 19.5 Å². The molecule has 2 heterocycles. The van der Waals surface area contributed by atoms with E-state index < -0.39 is 35.1 Å². The Hall–Kier alpha value is -3.46. The maximum absolute atomic E-state index is 13.2. The standard InChI is InChI=1S/C27H28N2O6/c1-29(15-17-9-5-3-6-10-17)16-19-23(30)27(33)22-20(34-2)13-28-14-21(22)35-24(27)26(19,25(31)32)18-11-7-4-8-12-18/h3-14,19,23-24,30,33H,15-16H2,1-2H3,(H,31,32)/t19-,23+,24+,26?,27-/m0/s1. The Morgan fingerprint density at radius 2 is 1.77 bits per heavy atom. The molecule has 35 heavy (non-hydrogen) atoms. The number of pyridine rings is 1. The second-order valence-electron chi connectivity index (χ2n) is 9.31. The summed E-state index contributed by atoms with van der Waals surface area (Å²) in [5, 5.41) is 34.7. The molecule has 1 aliphatic carbocycles. The fourth-order valence-electron chi connectivity index (χ4n) is 5.92. The molecule has 8 nitrogen and oxygen atoms in total. The number of aliphatic hydroxyl groups excluding tert-OH is 1. The lowest BCUT2D eigenvalue weighted by Gasteiger charge is -2.37. The number of fused-ring (bicyclic) bond motifs is 3. The van der Waals surface area contributed by atoms with Gasteiger partial charge in [-0.15, -0.1) is 0 Å². The first-order valence-corrected chi connectivity index (χ1v) is 11.5. The molecule has 0 bridgehead atoms. The van der Waals surface area contributed by atoms with Gasteiger partial charge in [-0.3, -0.25) is 9.78 Å². The molecule has 5 atom stereocenters. The van der Waals surface area contributed by atoms with Gasteiger partial charge in [-0.25, -0.2) is 0 Å². The molecule has 1 saturated carbocycles. The highest BCUT2D eigenvalue weighted by Gasteiger charge is 2.76. The van der Waals surface area contributed by atoms with Gasteiger partial charge in [0.15, 0.2) is 11.7 Å². The van der Waals surface area contributed by atoms with Crippen molar-refractivity contribution < 1.29 is 29.6 Å². The minimum Gasteiger partial charge on any atom is -0.495 e. The Bertz CT molecular complexity index is 1220. The van der Waals surface area contributed by atoms with E-state index in [1.807, 2.05) is 42.3 Å². The average molecular weight is 477 g/mol. The molecule has 2 aliphatic rings. The number of rotatable bonds is 7. The highest BCUT2D eigenvalue weighted by atomic mass is 16.5. The maximum Gasteiger partial charge on any atom is 0.318 e. The number of methoxy groups -OCH3 is 1. The lowest BCUT2D eigenvalue weighted by Crippen LogP contribution is -2.54. The zero-order valence-electron chi connectivity index (χ0n) is 19.5. The molecule has 3 N–H and O–H groups in total. The molecular weight excluding hydrogens is 448 g/mol. The van der Waals surface area contributed by atoms with Gasteiger partial charge in [-0.05, 0) is 18.2 Å². The number of ether oxygens (including phenoxy) is 2. The molecule has 3 aromatic rings. The summed E-state index contributed by atoms with van der Waals surface area (Å²) >= 11 is 0. The number of carboxylic acid groups (broad SMARTS) is 1. The maximum atomic E-state index is 13.2. The molecule has 2 aromatic carbocycles. The number of aliphatic carboxylic acids is 1. The largest absolute Gasteiger partial charge is 0.495 e. The van der Waals surface area contributed by atoms with Crippen LogP contribution in [0.2, 0.25) is 0 Å². The van der Waals surface area contributed by atoms with E-state index in [9.17, 15) is 20.1 Å². The summed E-state index contributed by atoms with van der Waals surface area (Å²) in [5.41, 5.74) is -2.04. The van der Waals surface area contributed by atoms with Crippen molar-refractivity contribution in [2.75, 3.05) is 20.7 Å². The molecule has 8 heteroatoms. The van der Waals surface area contributed by atoms with Crippen LogP contribution in [0.15, 0.2) is 73.1 Å². The van der Waals surface area contributed by atoms with E-state index in [0.717, 1.165) is 5.56 Å². The van der Waals surface area contributed by atoms with E-state index in [1.54, 1.807) is 30.3 Å². The molecule has 1 aromatic heterocycles. The average Bonchev–Trinajstić information content (AvgIpc) is 3.27. The van der Waals surface area contributed by atoms with E-state index in [2.05, 4.69) is 4.98 Å².